The van der Waals surface area contributed by atoms with Crippen LogP contribution in [0.1, 0.15) is 18.4 Å². The molecule has 1 aromatic rings. The van der Waals surface area contributed by atoms with Crippen molar-refractivity contribution >= 4 is 0 Å². The zero-order valence-electron chi connectivity index (χ0n) is 13.2. The van der Waals surface area contributed by atoms with Crippen molar-refractivity contribution in [2.45, 2.75) is 24.9 Å². The number of hydrogen-bond donors (Lipinski definition) is 1. The Labute approximate surface area is 127 Å². The monoisotopic (exact) mass is 289 g/mol. The van der Waals surface area contributed by atoms with E-state index < -0.39 is 0 Å². The fourth-order valence-corrected chi connectivity index (χ4v) is 4.17. The summed E-state index contributed by atoms with van der Waals surface area (Å²) < 4.78 is 5.33. The molecule has 116 valence electrons. The maximum absolute atomic E-state index is 6.24. The lowest BCUT2D eigenvalue weighted by atomic mass is 9.71. The van der Waals surface area contributed by atoms with E-state index in [1.165, 1.54) is 31.5 Å². The number of nitrogens with zero attached hydrogens (tertiary/aromatic N) is 2. The number of methoxy groups -OCH3 is 1. The largest absolute Gasteiger partial charge is 0.497 e. The Balaban J connectivity index is 1.77. The summed E-state index contributed by atoms with van der Waals surface area (Å²) >= 11 is 0. The van der Waals surface area contributed by atoms with E-state index in [2.05, 4.69) is 35.0 Å². The molecule has 21 heavy (non-hydrogen) atoms. The van der Waals surface area contributed by atoms with Crippen LogP contribution in [0.4, 0.5) is 0 Å². The minimum atomic E-state index is 0.138. The van der Waals surface area contributed by atoms with Crippen LogP contribution in [0.25, 0.3) is 0 Å². The molecule has 3 aliphatic rings. The molecule has 1 unspecified atom stereocenters. The summed E-state index contributed by atoms with van der Waals surface area (Å²) in [6, 6.07) is 8.36. The topological polar surface area (TPSA) is 41.7 Å². The SMILES string of the molecule is COc1cccc(CN(C)C2(CN)CN3CCC2CC3)c1. The second kappa shape index (κ2) is 5.95. The van der Waals surface area contributed by atoms with Crippen LogP contribution in [0.5, 0.6) is 5.75 Å². The number of benzene rings is 1. The van der Waals surface area contributed by atoms with Crippen LogP contribution in [0.3, 0.4) is 0 Å². The molecule has 0 saturated carbocycles. The molecule has 1 aromatic carbocycles. The molecule has 0 radical (unpaired) electrons. The van der Waals surface area contributed by atoms with Gasteiger partial charge < -0.3 is 15.4 Å². The normalized spacial score (nSPS) is 31.6. The van der Waals surface area contributed by atoms with Crippen LogP contribution in [-0.4, -0.2) is 55.7 Å². The Kier molecular flexibility index (Phi) is 4.20. The minimum Gasteiger partial charge on any atom is -0.497 e. The van der Waals surface area contributed by atoms with Crippen molar-refractivity contribution in [2.75, 3.05) is 40.3 Å². The Bertz CT molecular complexity index is 485. The van der Waals surface area contributed by atoms with Crippen LogP contribution in [0.15, 0.2) is 24.3 Å². The summed E-state index contributed by atoms with van der Waals surface area (Å²) in [6.45, 7) is 5.29. The Morgan fingerprint density at radius 3 is 2.71 bits per heavy atom. The van der Waals surface area contributed by atoms with Crippen molar-refractivity contribution in [3.05, 3.63) is 29.8 Å². The molecular weight excluding hydrogens is 262 g/mol. The zero-order valence-corrected chi connectivity index (χ0v) is 13.2. The third-order valence-corrected chi connectivity index (χ3v) is 5.51. The second-order valence-electron chi connectivity index (χ2n) is 6.57. The average molecular weight is 289 g/mol. The first-order chi connectivity index (χ1) is 10.2. The molecule has 0 aromatic heterocycles. The molecule has 4 heteroatoms. The van der Waals surface area contributed by atoms with Gasteiger partial charge in [0, 0.05) is 25.2 Å². The van der Waals surface area contributed by atoms with Crippen molar-refractivity contribution in [3.63, 3.8) is 0 Å². The summed E-state index contributed by atoms with van der Waals surface area (Å²) in [7, 11) is 3.95. The van der Waals surface area contributed by atoms with Gasteiger partial charge in [-0.25, -0.2) is 0 Å². The highest BCUT2D eigenvalue weighted by Gasteiger charge is 2.48. The number of hydrogen-bond acceptors (Lipinski definition) is 4. The molecule has 3 heterocycles. The minimum absolute atomic E-state index is 0.138. The molecule has 1 atom stereocenters. The number of likely N-dealkylation sites (N-methyl/N-ethyl adjacent to an activating group) is 1. The Morgan fingerprint density at radius 2 is 2.14 bits per heavy atom. The van der Waals surface area contributed by atoms with Crippen molar-refractivity contribution in [1.29, 1.82) is 0 Å². The van der Waals surface area contributed by atoms with Gasteiger partial charge in [-0.1, -0.05) is 12.1 Å². The first-order valence-corrected chi connectivity index (χ1v) is 7.94. The number of piperidine rings is 3. The molecule has 3 aliphatic heterocycles. The van der Waals surface area contributed by atoms with Gasteiger partial charge in [0.2, 0.25) is 0 Å². The first kappa shape index (κ1) is 14.8. The Morgan fingerprint density at radius 1 is 1.38 bits per heavy atom. The molecule has 3 fully saturated rings. The third kappa shape index (κ3) is 2.68. The van der Waals surface area contributed by atoms with Gasteiger partial charge in [0.05, 0.1) is 7.11 Å². The van der Waals surface area contributed by atoms with Gasteiger partial charge in [0.1, 0.15) is 5.75 Å². The maximum Gasteiger partial charge on any atom is 0.119 e. The third-order valence-electron chi connectivity index (χ3n) is 5.51. The summed E-state index contributed by atoms with van der Waals surface area (Å²) in [5.74, 6) is 1.67. The molecule has 4 rings (SSSR count). The lowest BCUT2D eigenvalue weighted by molar-refractivity contribution is -0.0596. The van der Waals surface area contributed by atoms with E-state index in [0.29, 0.717) is 0 Å². The lowest BCUT2D eigenvalue weighted by Crippen LogP contribution is -2.69. The van der Waals surface area contributed by atoms with E-state index in [9.17, 15) is 0 Å². The van der Waals surface area contributed by atoms with Crippen LogP contribution >= 0.6 is 0 Å². The van der Waals surface area contributed by atoms with Crippen LogP contribution in [0, 0.1) is 5.92 Å². The van der Waals surface area contributed by atoms with Gasteiger partial charge in [-0.15, -0.1) is 0 Å². The van der Waals surface area contributed by atoms with Gasteiger partial charge in [-0.05, 0) is 56.6 Å². The smallest absolute Gasteiger partial charge is 0.119 e. The molecule has 0 aliphatic carbocycles. The molecular formula is C17H27N3O. The van der Waals surface area contributed by atoms with Gasteiger partial charge in [-0.3, -0.25) is 4.90 Å². The highest BCUT2D eigenvalue weighted by molar-refractivity contribution is 5.28. The molecule has 2 bridgehead atoms. The quantitative estimate of drug-likeness (QED) is 0.893. The van der Waals surface area contributed by atoms with Gasteiger partial charge in [-0.2, -0.15) is 0 Å². The molecule has 2 N–H and O–H groups in total. The van der Waals surface area contributed by atoms with Gasteiger partial charge >= 0.3 is 0 Å². The summed E-state index contributed by atoms with van der Waals surface area (Å²) in [5.41, 5.74) is 7.67. The molecule has 0 amide bonds. The van der Waals surface area contributed by atoms with Crippen LogP contribution in [-0.2, 0) is 6.54 Å². The average Bonchev–Trinajstić information content (AvgIpc) is 2.55. The number of rotatable bonds is 5. The molecule has 3 saturated heterocycles. The summed E-state index contributed by atoms with van der Waals surface area (Å²) in [4.78, 5) is 5.06. The van der Waals surface area contributed by atoms with Crippen LogP contribution < -0.4 is 10.5 Å². The van der Waals surface area contributed by atoms with Crippen LogP contribution in [0.2, 0.25) is 0 Å². The molecule has 4 nitrogen and oxygen atoms in total. The van der Waals surface area contributed by atoms with Gasteiger partial charge in [0.25, 0.3) is 0 Å². The Hall–Kier alpha value is -1.10. The number of nitrogens with two attached hydrogens (primary N) is 1. The van der Waals surface area contributed by atoms with Crippen molar-refractivity contribution in [2.24, 2.45) is 11.7 Å². The summed E-state index contributed by atoms with van der Waals surface area (Å²) in [5, 5.41) is 0. The van der Waals surface area contributed by atoms with Crippen molar-refractivity contribution in [1.82, 2.24) is 9.80 Å². The van der Waals surface area contributed by atoms with E-state index in [-0.39, 0.29) is 5.54 Å². The zero-order chi connectivity index (χ0) is 14.9. The van der Waals surface area contributed by atoms with E-state index in [1.54, 1.807) is 7.11 Å². The standard InChI is InChI=1S/C17H27N3O/c1-19(11-14-4-3-5-16(10-14)21-2)17(12-18)13-20-8-6-15(17)7-9-20/h3-5,10,15H,6-9,11-13,18H2,1-2H3. The fraction of sp³-hybridized carbons (Fsp3) is 0.647. The van der Waals surface area contributed by atoms with E-state index in [0.717, 1.165) is 31.3 Å². The highest BCUT2D eigenvalue weighted by Crippen LogP contribution is 2.39. The molecule has 0 spiro atoms. The van der Waals surface area contributed by atoms with Gasteiger partial charge in [0.15, 0.2) is 0 Å². The first-order valence-electron chi connectivity index (χ1n) is 7.94. The predicted octanol–water partition coefficient (Wildman–Crippen LogP) is 1.55. The van der Waals surface area contributed by atoms with E-state index in [4.69, 9.17) is 10.5 Å². The second-order valence-corrected chi connectivity index (χ2v) is 6.57. The van der Waals surface area contributed by atoms with E-state index in [1.807, 2.05) is 6.07 Å². The highest BCUT2D eigenvalue weighted by atomic mass is 16.5. The fourth-order valence-electron chi connectivity index (χ4n) is 4.17. The predicted molar refractivity (Wildman–Crippen MR) is 85.4 cm³/mol. The number of fused-ring (bicyclic) bond motifs is 3. The lowest BCUT2D eigenvalue weighted by Gasteiger charge is -2.57. The maximum atomic E-state index is 6.24. The van der Waals surface area contributed by atoms with E-state index >= 15 is 0 Å². The van der Waals surface area contributed by atoms with Crippen molar-refractivity contribution < 1.29 is 4.74 Å². The number of ether oxygens (including phenoxy) is 1. The van der Waals surface area contributed by atoms with Crippen molar-refractivity contribution in [3.8, 4) is 5.75 Å². The summed E-state index contributed by atoms with van der Waals surface area (Å²) in [6.07, 6.45) is 2.58.